The predicted octanol–water partition coefficient (Wildman–Crippen LogP) is 2.86. The second kappa shape index (κ2) is 8.92. The molecule has 0 aliphatic heterocycles. The first-order valence-electron chi connectivity index (χ1n) is 7.20. The highest BCUT2D eigenvalue weighted by atomic mass is 32.2. The van der Waals surface area contributed by atoms with Crippen molar-refractivity contribution >= 4 is 9.84 Å². The van der Waals surface area contributed by atoms with Crippen molar-refractivity contribution in [2.24, 2.45) is 11.8 Å². The van der Waals surface area contributed by atoms with Crippen LogP contribution in [-0.4, -0.2) is 32.5 Å². The smallest absolute Gasteiger partial charge is 0.150 e. The van der Waals surface area contributed by atoms with E-state index in [1.807, 2.05) is 6.92 Å². The van der Waals surface area contributed by atoms with Gasteiger partial charge in [-0.15, -0.1) is 0 Å². The van der Waals surface area contributed by atoms with Gasteiger partial charge in [0.05, 0.1) is 5.75 Å². The van der Waals surface area contributed by atoms with E-state index in [2.05, 4.69) is 33.0 Å². The summed E-state index contributed by atoms with van der Waals surface area (Å²) in [5.74, 6) is 1.77. The van der Waals surface area contributed by atoms with Gasteiger partial charge in [0.2, 0.25) is 0 Å². The minimum absolute atomic E-state index is 0.332. The zero-order chi connectivity index (χ0) is 14.2. The third kappa shape index (κ3) is 9.89. The fourth-order valence-corrected chi connectivity index (χ4v) is 3.65. The topological polar surface area (TPSA) is 46.2 Å². The quantitative estimate of drug-likeness (QED) is 0.668. The second-order valence-electron chi connectivity index (χ2n) is 6.00. The van der Waals surface area contributed by atoms with Gasteiger partial charge in [-0.2, -0.15) is 0 Å². The Morgan fingerprint density at radius 2 is 1.67 bits per heavy atom. The molecule has 0 saturated heterocycles. The van der Waals surface area contributed by atoms with Gasteiger partial charge in [-0.3, -0.25) is 0 Å². The molecule has 1 N–H and O–H groups in total. The molecule has 0 aromatic heterocycles. The zero-order valence-corrected chi connectivity index (χ0v) is 13.5. The molecule has 0 fully saturated rings. The summed E-state index contributed by atoms with van der Waals surface area (Å²) in [6, 6.07) is 0.465. The van der Waals surface area contributed by atoms with Crippen molar-refractivity contribution in [3.63, 3.8) is 0 Å². The summed E-state index contributed by atoms with van der Waals surface area (Å²) in [5, 5.41) is 3.42. The molecular formula is C14H31NO2S. The number of rotatable bonds is 10. The van der Waals surface area contributed by atoms with Gasteiger partial charge in [0.25, 0.3) is 0 Å². The highest BCUT2D eigenvalue weighted by Gasteiger charge is 2.16. The summed E-state index contributed by atoms with van der Waals surface area (Å²) < 4.78 is 23.5. The van der Waals surface area contributed by atoms with E-state index in [4.69, 9.17) is 0 Å². The number of hydrogen-bond acceptors (Lipinski definition) is 3. The maximum Gasteiger partial charge on any atom is 0.150 e. The van der Waals surface area contributed by atoms with Gasteiger partial charge >= 0.3 is 0 Å². The van der Waals surface area contributed by atoms with E-state index in [0.717, 1.165) is 25.8 Å². The van der Waals surface area contributed by atoms with Crippen LogP contribution in [0.25, 0.3) is 0 Å². The van der Waals surface area contributed by atoms with Crippen molar-refractivity contribution < 1.29 is 8.42 Å². The molecule has 0 amide bonds. The first-order valence-corrected chi connectivity index (χ1v) is 9.02. The molecule has 0 aliphatic carbocycles. The van der Waals surface area contributed by atoms with Gasteiger partial charge in [-0.25, -0.2) is 8.42 Å². The predicted molar refractivity (Wildman–Crippen MR) is 79.6 cm³/mol. The highest BCUT2D eigenvalue weighted by molar-refractivity contribution is 7.91. The number of hydrogen-bond donors (Lipinski definition) is 1. The Bertz CT molecular complexity index is 297. The van der Waals surface area contributed by atoms with Crippen molar-refractivity contribution in [3.8, 4) is 0 Å². The molecule has 0 radical (unpaired) electrons. The average Bonchev–Trinajstić information content (AvgIpc) is 2.21. The lowest BCUT2D eigenvalue weighted by Crippen LogP contribution is -2.30. The van der Waals surface area contributed by atoms with Crippen LogP contribution in [0.4, 0.5) is 0 Å². The van der Waals surface area contributed by atoms with E-state index in [1.54, 1.807) is 0 Å². The minimum atomic E-state index is -2.83. The lowest BCUT2D eigenvalue weighted by atomic mass is 9.94. The van der Waals surface area contributed by atoms with Gasteiger partial charge < -0.3 is 5.32 Å². The Labute approximate surface area is 114 Å². The Morgan fingerprint density at radius 3 is 2.11 bits per heavy atom. The Morgan fingerprint density at radius 1 is 1.06 bits per heavy atom. The molecule has 0 spiro atoms. The molecule has 4 heteroatoms. The van der Waals surface area contributed by atoms with Crippen LogP contribution in [0.5, 0.6) is 0 Å². The summed E-state index contributed by atoms with van der Waals surface area (Å²) in [5.41, 5.74) is 0. The molecule has 0 saturated carbocycles. The minimum Gasteiger partial charge on any atom is -0.314 e. The maximum atomic E-state index is 11.7. The molecule has 3 nitrogen and oxygen atoms in total. The standard InChI is InChI=1S/C14H31NO2S/c1-6-8-18(16,17)9-7-14(10-12(2)3)11-15-13(4)5/h12-15H,6-11H2,1-5H3. The molecule has 1 atom stereocenters. The Hall–Kier alpha value is -0.0900. The van der Waals surface area contributed by atoms with E-state index in [9.17, 15) is 8.42 Å². The molecule has 0 aliphatic rings. The highest BCUT2D eigenvalue weighted by Crippen LogP contribution is 2.16. The molecular weight excluding hydrogens is 246 g/mol. The lowest BCUT2D eigenvalue weighted by Gasteiger charge is -2.21. The molecule has 0 aromatic rings. The van der Waals surface area contributed by atoms with Crippen LogP contribution in [0, 0.1) is 11.8 Å². The number of nitrogens with one attached hydrogen (secondary N) is 1. The zero-order valence-electron chi connectivity index (χ0n) is 12.7. The van der Waals surface area contributed by atoms with Crippen molar-refractivity contribution in [1.29, 1.82) is 0 Å². The Balaban J connectivity index is 4.23. The first kappa shape index (κ1) is 17.9. The number of sulfone groups is 1. The van der Waals surface area contributed by atoms with Gasteiger partial charge in [0, 0.05) is 11.8 Å². The van der Waals surface area contributed by atoms with Crippen molar-refractivity contribution in [3.05, 3.63) is 0 Å². The summed E-state index contributed by atoms with van der Waals surface area (Å²) in [6.07, 6.45) is 2.61. The largest absolute Gasteiger partial charge is 0.314 e. The fraction of sp³-hybridized carbons (Fsp3) is 1.00. The van der Waals surface area contributed by atoms with Crippen LogP contribution < -0.4 is 5.32 Å². The van der Waals surface area contributed by atoms with E-state index < -0.39 is 9.84 Å². The van der Waals surface area contributed by atoms with Crippen molar-refractivity contribution in [1.82, 2.24) is 5.32 Å². The summed E-state index contributed by atoms with van der Waals surface area (Å²) in [7, 11) is -2.83. The van der Waals surface area contributed by atoms with E-state index >= 15 is 0 Å². The van der Waals surface area contributed by atoms with Crippen molar-refractivity contribution in [2.75, 3.05) is 18.1 Å². The second-order valence-corrected chi connectivity index (χ2v) is 8.30. The van der Waals surface area contributed by atoms with Gasteiger partial charge in [0.1, 0.15) is 9.84 Å². The van der Waals surface area contributed by atoms with Gasteiger partial charge in [-0.1, -0.05) is 34.6 Å². The lowest BCUT2D eigenvalue weighted by molar-refractivity contribution is 0.366. The molecule has 0 bridgehead atoms. The molecule has 1 unspecified atom stereocenters. The Kier molecular flexibility index (Phi) is 8.87. The maximum absolute atomic E-state index is 11.7. The average molecular weight is 277 g/mol. The monoisotopic (exact) mass is 277 g/mol. The molecule has 0 aromatic carbocycles. The molecule has 110 valence electrons. The van der Waals surface area contributed by atoms with Gasteiger partial charge in [0.15, 0.2) is 0 Å². The third-order valence-corrected chi connectivity index (χ3v) is 4.86. The fourth-order valence-electron chi connectivity index (χ4n) is 2.13. The SMILES string of the molecule is CCCS(=O)(=O)CCC(CNC(C)C)CC(C)C. The normalized spacial score (nSPS) is 14.4. The molecule has 0 rings (SSSR count). The van der Waals surface area contributed by atoms with Crippen LogP contribution in [0.1, 0.15) is 53.9 Å². The van der Waals surface area contributed by atoms with Crippen molar-refractivity contribution in [2.45, 2.75) is 59.9 Å². The summed E-state index contributed by atoms with van der Waals surface area (Å²) in [6.45, 7) is 11.5. The summed E-state index contributed by atoms with van der Waals surface area (Å²) in [4.78, 5) is 0. The third-order valence-electron chi connectivity index (χ3n) is 2.97. The summed E-state index contributed by atoms with van der Waals surface area (Å²) >= 11 is 0. The van der Waals surface area contributed by atoms with E-state index in [1.165, 1.54) is 0 Å². The van der Waals surface area contributed by atoms with Crippen LogP contribution in [0.15, 0.2) is 0 Å². The first-order chi connectivity index (χ1) is 8.26. The van der Waals surface area contributed by atoms with Crippen LogP contribution in [0.2, 0.25) is 0 Å². The molecule has 18 heavy (non-hydrogen) atoms. The van der Waals surface area contributed by atoms with E-state index in [-0.39, 0.29) is 0 Å². The van der Waals surface area contributed by atoms with Gasteiger partial charge in [-0.05, 0) is 37.6 Å². The van der Waals surface area contributed by atoms with E-state index in [0.29, 0.717) is 29.4 Å². The van der Waals surface area contributed by atoms with Crippen LogP contribution >= 0.6 is 0 Å². The molecule has 0 heterocycles. The van der Waals surface area contributed by atoms with Crippen LogP contribution in [0.3, 0.4) is 0 Å². The van der Waals surface area contributed by atoms with Crippen LogP contribution in [-0.2, 0) is 9.84 Å².